The molecule has 0 saturated carbocycles. The summed E-state index contributed by atoms with van der Waals surface area (Å²) >= 11 is 12.7. The zero-order valence-electron chi connectivity index (χ0n) is 46.0. The molecule has 19 heteroatoms. The first kappa shape index (κ1) is 85.1. The Balaban J connectivity index is -0.0000000894. The maximum Gasteiger partial charge on any atom is 0.303 e. The molecule has 2 amide bonds. The standard InChI is InChI=1S/C18H31NO2.2C7H15NO.C6H12O2.C5H11NOS.C2H6.3CH5N.P2S2/c1-6-7-8-9-19-14(10-13(2)3)17-15(20)11-18(4,5)12-16(17)21;2*1-3-4-5-6-8-7(2)9;1-5(7)8-6(2,3)4;1-2-5(7)4(6)3-8;4*1-2;3-1-2-4/h13,20H,6-12H2,1-5H3;2*3-6H2,1-2H3,(H,8,9);1-4H3;4,8H,2-3,6H2,1H3;1-2H3;3*2H2,1H3;/t;;;;4-;;;;;/m....0...../s1. The predicted octanol–water partition coefficient (Wildman–Crippen LogP) is 10.5. The van der Waals surface area contributed by atoms with Crippen LogP contribution in [-0.2, 0) is 52.3 Å². The van der Waals surface area contributed by atoms with E-state index in [2.05, 4.69) is 104 Å². The number of aliphatic hydroxyl groups excluding tert-OH is 1. The summed E-state index contributed by atoms with van der Waals surface area (Å²) < 4.78 is 4.80. The van der Waals surface area contributed by atoms with Gasteiger partial charge in [-0.25, -0.2) is 0 Å². The summed E-state index contributed by atoms with van der Waals surface area (Å²) in [4.78, 5) is 58.5. The van der Waals surface area contributed by atoms with Gasteiger partial charge < -0.3 is 43.4 Å². The highest BCUT2D eigenvalue weighted by molar-refractivity contribution is 8.40. The number of carbonyl (C=O) groups is 5. The Morgan fingerprint density at radius 1 is 0.791 bits per heavy atom. The molecule has 1 rings (SSSR count). The topological polar surface area (TPSA) is 255 Å². The SMILES string of the molecule is CC.CC(=O)OC(C)(C)C.CCC(=O)[C@@H](N)CS.CCCCCN=C(CC(C)C)C1=C(O)CC(C)(C)CC1=O.CCCCCNC(C)=O.CCCCCNC(C)=O.CN.CN.CN.S=PP=S. The van der Waals surface area contributed by atoms with Crippen LogP contribution in [0.4, 0.5) is 0 Å². The van der Waals surface area contributed by atoms with Gasteiger partial charge in [-0.15, -0.1) is 0 Å². The minimum atomic E-state index is -0.358. The van der Waals surface area contributed by atoms with Crippen LogP contribution < -0.4 is 33.6 Å². The third-order valence-electron chi connectivity index (χ3n) is 7.56. The molecular formula is C48H105N7O7P2S3. The monoisotopic (exact) mass is 1050 g/mol. The van der Waals surface area contributed by atoms with Crippen molar-refractivity contribution >= 4 is 85.4 Å². The smallest absolute Gasteiger partial charge is 0.303 e. The number of aliphatic imine (C=N–C) groups is 1. The summed E-state index contributed by atoms with van der Waals surface area (Å²) in [7, 11) is 6.24. The van der Waals surface area contributed by atoms with Crippen LogP contribution in [0.1, 0.15) is 194 Å². The highest BCUT2D eigenvalue weighted by Crippen LogP contribution is 2.36. The molecule has 1 aliphatic rings. The molecule has 0 aromatic heterocycles. The third-order valence-corrected chi connectivity index (χ3v) is 10.6. The van der Waals surface area contributed by atoms with Gasteiger partial charge in [-0.05, 0) is 103 Å². The second-order valence-corrected chi connectivity index (χ2v) is 20.9. The van der Waals surface area contributed by atoms with Crippen LogP contribution in [-0.4, -0.2) is 98.3 Å². The van der Waals surface area contributed by atoms with Crippen molar-refractivity contribution in [3.8, 4) is 0 Å². The molecule has 1 aliphatic carbocycles. The first-order chi connectivity index (χ1) is 31.4. The quantitative estimate of drug-likeness (QED) is 0.0197. The zero-order chi connectivity index (χ0) is 55.0. The second-order valence-electron chi connectivity index (χ2n) is 16.3. The lowest BCUT2D eigenvalue weighted by Crippen LogP contribution is -2.31. The molecule has 67 heavy (non-hydrogen) atoms. The molecule has 0 heterocycles. The van der Waals surface area contributed by atoms with E-state index in [9.17, 15) is 29.1 Å². The fraction of sp³-hybridized carbons (Fsp3) is 0.833. The molecule has 1 atom stereocenters. The van der Waals surface area contributed by atoms with Gasteiger partial charge in [-0.2, -0.15) is 12.6 Å². The maximum absolute atomic E-state index is 12.4. The van der Waals surface area contributed by atoms with Gasteiger partial charge in [0.2, 0.25) is 11.8 Å². The Kier molecular flexibility index (Phi) is 81.5. The average Bonchev–Trinajstić information content (AvgIpc) is 3.26. The molecule has 0 aromatic rings. The highest BCUT2D eigenvalue weighted by atomic mass is 32.7. The largest absolute Gasteiger partial charge is 0.511 e. The summed E-state index contributed by atoms with van der Waals surface area (Å²) in [5, 5.41) is 15.8. The number of hydrogen-bond donors (Lipinski definition) is 8. The number of amides is 2. The van der Waals surface area contributed by atoms with Crippen molar-refractivity contribution in [1.29, 1.82) is 0 Å². The van der Waals surface area contributed by atoms with Gasteiger partial charge in [0.1, 0.15) is 17.1 Å². The minimum Gasteiger partial charge on any atom is -0.511 e. The van der Waals surface area contributed by atoms with E-state index in [1.165, 1.54) is 53.8 Å². The number of hydrogen-bond acceptors (Lipinski definition) is 15. The molecular weight excluding hydrogens is 945 g/mol. The fourth-order valence-electron chi connectivity index (χ4n) is 4.90. The van der Waals surface area contributed by atoms with Crippen LogP contribution in [0.5, 0.6) is 0 Å². The zero-order valence-corrected chi connectivity index (χ0v) is 50.3. The molecule has 402 valence electrons. The predicted molar refractivity (Wildman–Crippen MR) is 304 cm³/mol. The van der Waals surface area contributed by atoms with Crippen LogP contribution in [0, 0.1) is 11.3 Å². The van der Waals surface area contributed by atoms with Crippen LogP contribution in [0.15, 0.2) is 16.3 Å². The van der Waals surface area contributed by atoms with Crippen LogP contribution in [0.2, 0.25) is 0 Å². The molecule has 0 radical (unpaired) electrons. The van der Waals surface area contributed by atoms with Crippen LogP contribution >= 0.6 is 26.7 Å². The molecule has 0 spiro atoms. The Morgan fingerprint density at radius 3 is 1.42 bits per heavy atom. The molecule has 0 fully saturated rings. The molecule has 0 aliphatic heterocycles. The summed E-state index contributed by atoms with van der Waals surface area (Å²) in [6.07, 6.45) is 12.8. The van der Waals surface area contributed by atoms with E-state index in [1.54, 1.807) is 20.8 Å². The van der Waals surface area contributed by atoms with Crippen LogP contribution in [0.3, 0.4) is 0 Å². The highest BCUT2D eigenvalue weighted by Gasteiger charge is 2.35. The average molecular weight is 1050 g/mol. The summed E-state index contributed by atoms with van der Waals surface area (Å²) in [5.74, 6) is 1.18. The van der Waals surface area contributed by atoms with Gasteiger partial charge >= 0.3 is 5.97 Å². The molecule has 11 N–H and O–H groups in total. The van der Waals surface area contributed by atoms with Gasteiger partial charge in [0.05, 0.1) is 11.6 Å². The number of aliphatic hydroxyl groups is 1. The molecule has 0 saturated heterocycles. The van der Waals surface area contributed by atoms with E-state index in [1.807, 2.05) is 48.5 Å². The van der Waals surface area contributed by atoms with Crippen molar-refractivity contribution in [1.82, 2.24) is 10.6 Å². The number of ketones is 2. The number of rotatable bonds is 19. The number of ether oxygens (including phenoxy) is 1. The van der Waals surface area contributed by atoms with Crippen molar-refractivity contribution in [2.45, 2.75) is 206 Å². The number of nitrogens with one attached hydrogen (secondary N) is 2. The number of allylic oxidation sites excluding steroid dienone is 2. The van der Waals surface area contributed by atoms with Crippen molar-refractivity contribution in [2.75, 3.05) is 46.5 Å². The Hall–Kier alpha value is -1.81. The first-order valence-corrected chi connectivity index (χ1v) is 29.0. The molecule has 0 unspecified atom stereocenters. The molecule has 14 nitrogen and oxygen atoms in total. The van der Waals surface area contributed by atoms with Gasteiger partial charge in [0.15, 0.2) is 5.78 Å². The van der Waals surface area contributed by atoms with Gasteiger partial charge in [-0.1, -0.05) is 108 Å². The number of nitrogens with zero attached hydrogens (tertiary/aromatic N) is 1. The molecule has 0 bridgehead atoms. The van der Waals surface area contributed by atoms with Crippen molar-refractivity contribution in [3.63, 3.8) is 0 Å². The van der Waals surface area contributed by atoms with Crippen molar-refractivity contribution < 1.29 is 33.8 Å². The fourth-order valence-corrected chi connectivity index (χ4v) is 5.10. The number of nitrogens with two attached hydrogens (primary N) is 4. The van der Waals surface area contributed by atoms with Crippen molar-refractivity contribution in [3.05, 3.63) is 11.3 Å². The number of esters is 1. The van der Waals surface area contributed by atoms with E-state index in [-0.39, 0.29) is 52.2 Å². The lowest BCUT2D eigenvalue weighted by molar-refractivity contribution is -0.152. The summed E-state index contributed by atoms with van der Waals surface area (Å²) in [5.41, 5.74) is 19.7. The van der Waals surface area contributed by atoms with Gasteiger partial charge in [0.25, 0.3) is 0 Å². The van der Waals surface area contributed by atoms with Gasteiger partial charge in [0, 0.05) is 85.2 Å². The Bertz CT molecular complexity index is 1230. The Labute approximate surface area is 430 Å². The summed E-state index contributed by atoms with van der Waals surface area (Å²) in [6.45, 7) is 33.0. The van der Waals surface area contributed by atoms with Crippen LogP contribution in [0.25, 0.3) is 0 Å². The lowest BCUT2D eigenvalue weighted by atomic mass is 9.75. The van der Waals surface area contributed by atoms with E-state index < -0.39 is 0 Å². The third kappa shape index (κ3) is 78.6. The Morgan fingerprint density at radius 2 is 1.18 bits per heavy atom. The normalized spacial score (nSPS) is 12.4. The van der Waals surface area contributed by atoms with E-state index >= 15 is 0 Å². The van der Waals surface area contributed by atoms with E-state index in [0.29, 0.717) is 36.5 Å². The van der Waals surface area contributed by atoms with E-state index in [4.69, 9.17) is 10.5 Å². The second kappa shape index (κ2) is 64.2. The van der Waals surface area contributed by atoms with Gasteiger partial charge in [-0.3, -0.25) is 29.0 Å². The number of Topliss-reactive ketones (excluding diaryl/α,β-unsaturated/α-hetero) is 2. The number of unbranched alkanes of at least 4 members (excludes halogenated alkanes) is 6. The van der Waals surface area contributed by atoms with E-state index in [0.717, 1.165) is 78.0 Å². The lowest BCUT2D eigenvalue weighted by Gasteiger charge is -2.30. The summed E-state index contributed by atoms with van der Waals surface area (Å²) in [6, 6.07) is -0.358. The maximum atomic E-state index is 12.4. The molecule has 0 aromatic carbocycles. The first-order valence-electron chi connectivity index (χ1n) is 23.8. The number of carbonyl (C=O) groups excluding carboxylic acids is 5. The minimum absolute atomic E-state index is 0.0543. The van der Waals surface area contributed by atoms with Crippen molar-refractivity contribution in [2.24, 2.45) is 39.3 Å². The number of thiol groups is 1.